The third-order valence-electron chi connectivity index (χ3n) is 13.7. The number of hydrogen-bond acceptors (Lipinski definition) is 10. The number of imidazole rings is 3. The van der Waals surface area contributed by atoms with Gasteiger partial charge in [0.1, 0.15) is 17.1 Å². The lowest BCUT2D eigenvalue weighted by molar-refractivity contribution is 0.630. The first-order valence-corrected chi connectivity index (χ1v) is 25.2. The van der Waals surface area contributed by atoms with Gasteiger partial charge < -0.3 is 13.7 Å². The van der Waals surface area contributed by atoms with Crippen LogP contribution in [0.1, 0.15) is 120 Å². The highest BCUT2D eigenvalue weighted by Crippen LogP contribution is 2.43. The van der Waals surface area contributed by atoms with Gasteiger partial charge in [-0.2, -0.15) is 12.6 Å². The zero-order valence-corrected chi connectivity index (χ0v) is 43.2. The highest BCUT2D eigenvalue weighted by molar-refractivity contribution is 7.51. The second-order valence-corrected chi connectivity index (χ2v) is 19.2. The van der Waals surface area contributed by atoms with E-state index in [4.69, 9.17) is 42.5 Å². The highest BCUT2D eigenvalue weighted by atomic mass is 32.1. The Labute approximate surface area is 419 Å². The largest absolute Gasteiger partial charge is 0.335 e. The maximum atomic E-state index is 8.29. The van der Waals surface area contributed by atoms with Crippen LogP contribution in [0.15, 0.2) is 91.4 Å². The van der Waals surface area contributed by atoms with Crippen LogP contribution in [0.4, 0.5) is 0 Å². The number of fused-ring (bicyclic) bond motifs is 3. The molecule has 3 saturated carbocycles. The molecule has 3 aliphatic rings. The molecule has 70 heavy (non-hydrogen) atoms. The number of hydrogen-bond donors (Lipinski definition) is 0. The van der Waals surface area contributed by atoms with E-state index < -0.39 is 11.6 Å². The lowest BCUT2D eigenvalue weighted by Gasteiger charge is -2.09. The molecule has 3 fully saturated rings. The first kappa shape index (κ1) is 49.8. The van der Waals surface area contributed by atoms with Crippen molar-refractivity contribution in [1.29, 1.82) is 0 Å². The number of rotatable bonds is 8. The minimum atomic E-state index is -0.750. The van der Waals surface area contributed by atoms with E-state index in [1.807, 2.05) is 6.20 Å². The molecule has 6 aromatic heterocycles. The Hall–Kier alpha value is -6.64. The van der Waals surface area contributed by atoms with Gasteiger partial charge in [0, 0.05) is 39.7 Å². The Morgan fingerprint density at radius 1 is 0.486 bits per heavy atom. The van der Waals surface area contributed by atoms with E-state index in [1.54, 1.807) is 0 Å². The van der Waals surface area contributed by atoms with Crippen LogP contribution in [0, 0.1) is 27.7 Å². The molecule has 0 atom stereocenters. The van der Waals surface area contributed by atoms with E-state index in [-0.39, 0.29) is 0 Å². The quantitative estimate of drug-likeness (QED) is 0.144. The molecule has 12 nitrogen and oxygen atoms in total. The fourth-order valence-electron chi connectivity index (χ4n) is 9.31. The summed E-state index contributed by atoms with van der Waals surface area (Å²) >= 11 is 2.08. The lowest BCUT2D eigenvalue weighted by Crippen LogP contribution is -2.00. The molecule has 3 aliphatic carbocycles. The fourth-order valence-corrected chi connectivity index (χ4v) is 9.31. The molecular formula is C56H61N9O3S2. The molecule has 360 valence electrons. The Morgan fingerprint density at radius 3 is 1.09 bits per heavy atom. The third-order valence-corrected chi connectivity index (χ3v) is 13.7. The maximum absolute atomic E-state index is 8.29. The van der Waals surface area contributed by atoms with Crippen molar-refractivity contribution in [1.82, 2.24) is 43.6 Å². The van der Waals surface area contributed by atoms with Crippen LogP contribution in [-0.2, 0) is 58.1 Å². The number of aromatic nitrogens is 9. The summed E-state index contributed by atoms with van der Waals surface area (Å²) in [5.74, 6) is 5.13. The van der Waals surface area contributed by atoms with Crippen LogP contribution in [-0.4, -0.2) is 56.2 Å². The molecule has 0 N–H and O–H groups in total. The van der Waals surface area contributed by atoms with Crippen molar-refractivity contribution >= 4 is 57.2 Å². The predicted molar refractivity (Wildman–Crippen MR) is 283 cm³/mol. The Kier molecular flexibility index (Phi) is 15.3. The monoisotopic (exact) mass is 971 g/mol. The summed E-state index contributed by atoms with van der Waals surface area (Å²) in [7, 11) is 6.22. The summed E-state index contributed by atoms with van der Waals surface area (Å²) in [6.07, 6.45) is 16.0. The molecule has 0 saturated heterocycles. The summed E-state index contributed by atoms with van der Waals surface area (Å²) in [5, 5.41) is 0. The van der Waals surface area contributed by atoms with Gasteiger partial charge in [0.25, 0.3) is 0 Å². The van der Waals surface area contributed by atoms with Gasteiger partial charge in [-0.1, -0.05) is 50.2 Å². The molecule has 3 aromatic carbocycles. The number of nitrogens with zero attached hydrogens (tertiary/aromatic N) is 9. The number of aryl methyl sites for hydroxylation is 9. The van der Waals surface area contributed by atoms with Crippen LogP contribution in [0.5, 0.6) is 0 Å². The van der Waals surface area contributed by atoms with E-state index in [2.05, 4.69) is 174 Å². The van der Waals surface area contributed by atoms with E-state index in [0.717, 1.165) is 98.3 Å². The molecule has 0 bridgehead atoms. The van der Waals surface area contributed by atoms with E-state index in [1.165, 1.54) is 88.6 Å². The Morgan fingerprint density at radius 2 is 0.786 bits per heavy atom. The summed E-state index contributed by atoms with van der Waals surface area (Å²) in [5.41, 5.74) is 21.4. The zero-order chi connectivity index (χ0) is 49.8. The van der Waals surface area contributed by atoms with Crippen LogP contribution < -0.4 is 0 Å². The highest BCUT2D eigenvalue weighted by Gasteiger charge is 2.27. The van der Waals surface area contributed by atoms with Gasteiger partial charge in [-0.25, -0.2) is 15.0 Å². The smallest absolute Gasteiger partial charge is 0.326 e. The second kappa shape index (κ2) is 21.6. The molecule has 6 heterocycles. The molecule has 0 unspecified atom stereocenters. The van der Waals surface area contributed by atoms with Gasteiger partial charge in [0.2, 0.25) is 0 Å². The summed E-state index contributed by atoms with van der Waals surface area (Å²) in [4.78, 5) is 28.7. The average molecular weight is 972 g/mol. The Balaban J connectivity index is 0.000000135. The fraction of sp³-hybridized carbons (Fsp3) is 0.357. The van der Waals surface area contributed by atoms with Crippen LogP contribution in [0.25, 0.3) is 67.7 Å². The van der Waals surface area contributed by atoms with E-state index >= 15 is 0 Å². The molecule has 9 aromatic rings. The van der Waals surface area contributed by atoms with Crippen molar-refractivity contribution in [3.05, 3.63) is 141 Å². The van der Waals surface area contributed by atoms with Crippen molar-refractivity contribution in [2.75, 3.05) is 0 Å². The Bertz CT molecular complexity index is 3250. The number of pyridine rings is 3. The molecular weight excluding hydrogens is 911 g/mol. The molecule has 0 aliphatic heterocycles. The molecule has 0 spiro atoms. The van der Waals surface area contributed by atoms with Crippen LogP contribution >= 0.6 is 0 Å². The summed E-state index contributed by atoms with van der Waals surface area (Å²) < 4.78 is 30.9. The number of benzene rings is 3. The van der Waals surface area contributed by atoms with Crippen molar-refractivity contribution in [3.63, 3.8) is 0 Å². The third kappa shape index (κ3) is 10.7. The summed E-state index contributed by atoms with van der Waals surface area (Å²) in [6, 6.07) is 26.2. The minimum absolute atomic E-state index is 0.744. The van der Waals surface area contributed by atoms with Crippen LogP contribution in [0.3, 0.4) is 0 Å². The topological polar surface area (TPSA) is 143 Å². The van der Waals surface area contributed by atoms with Crippen molar-refractivity contribution in [2.24, 2.45) is 21.1 Å². The van der Waals surface area contributed by atoms with Crippen molar-refractivity contribution in [2.45, 2.75) is 111 Å². The SMILES string of the molecule is CCc1cc(C2CC2)cnc1-c1nc2cc(C)ccc2n1C.CCc1cc(C2CC2)cnc1-c1nc2cc(C)ccc2n1C.Cc1ccc2c(c1)nc(-c1ncc(C3CC3)cc1C)n2C.O=S.O=S=O. The van der Waals surface area contributed by atoms with E-state index in [9.17, 15) is 0 Å². The van der Waals surface area contributed by atoms with Crippen molar-refractivity contribution < 1.29 is 12.6 Å². The predicted octanol–water partition coefficient (Wildman–Crippen LogP) is 11.9. The lowest BCUT2D eigenvalue weighted by atomic mass is 10.1. The molecule has 14 heteroatoms. The van der Waals surface area contributed by atoms with Gasteiger partial charge in [-0.15, -0.1) is 0 Å². The minimum Gasteiger partial charge on any atom is -0.326 e. The van der Waals surface area contributed by atoms with Gasteiger partial charge in [0.15, 0.2) is 30.0 Å². The standard InChI is InChI=1S/2C19H21N3.C18H19N3.O2S.OS/c2*1-4-13-10-15(14-6-7-14)11-20-18(13)19-21-16-9-12(2)5-8-17(16)22(19)3;1-11-4-7-16-15(8-11)20-18(21(16)3)17-12(2)9-14(10-19-17)13-5-6-13;1-3-2;1-2/h2*5,8-11,14H,4,6-7H2,1-3H3;4,7-10,13H,5-6H2,1-3H3;;. The zero-order valence-electron chi connectivity index (χ0n) is 41.6. The molecule has 0 amide bonds. The van der Waals surface area contributed by atoms with Crippen LogP contribution in [0.2, 0.25) is 0 Å². The second-order valence-electron chi connectivity index (χ2n) is 19.0. The first-order valence-electron chi connectivity index (χ1n) is 24.2. The van der Waals surface area contributed by atoms with Gasteiger partial charge in [0.05, 0.1) is 33.1 Å². The summed E-state index contributed by atoms with van der Waals surface area (Å²) in [6.45, 7) is 12.8. The average Bonchev–Trinajstić information content (AvgIpc) is 4.26. The van der Waals surface area contributed by atoms with Gasteiger partial charge >= 0.3 is 11.6 Å². The molecule has 12 rings (SSSR count). The van der Waals surface area contributed by atoms with Gasteiger partial charge in [-0.3, -0.25) is 15.0 Å². The normalized spacial score (nSPS) is 13.9. The van der Waals surface area contributed by atoms with Crippen molar-refractivity contribution in [3.8, 4) is 34.6 Å². The molecule has 0 radical (unpaired) electrons. The first-order chi connectivity index (χ1) is 33.9. The van der Waals surface area contributed by atoms with E-state index in [0.29, 0.717) is 0 Å². The maximum Gasteiger partial charge on any atom is 0.335 e. The van der Waals surface area contributed by atoms with Gasteiger partial charge in [-0.05, 0) is 183 Å².